The van der Waals surface area contributed by atoms with E-state index in [2.05, 4.69) is 19.2 Å². The molecule has 1 aromatic rings. The summed E-state index contributed by atoms with van der Waals surface area (Å²) in [5, 5.41) is 3.14. The van der Waals surface area contributed by atoms with Gasteiger partial charge in [-0.05, 0) is 43.9 Å². The molecule has 0 fully saturated rings. The van der Waals surface area contributed by atoms with E-state index in [1.807, 2.05) is 6.92 Å². The average molecular weight is 272 g/mol. The van der Waals surface area contributed by atoms with Crippen LogP contribution in [0.3, 0.4) is 0 Å². The molecule has 18 heavy (non-hydrogen) atoms. The number of carbonyl (C=O) groups excluding carboxylic acids is 1. The minimum atomic E-state index is -0.548. The smallest absolute Gasteiger partial charge is 0.254 e. The van der Waals surface area contributed by atoms with Gasteiger partial charge >= 0.3 is 0 Å². The van der Waals surface area contributed by atoms with Gasteiger partial charge in [-0.25, -0.2) is 4.39 Å². The second-order valence-electron chi connectivity index (χ2n) is 4.97. The van der Waals surface area contributed by atoms with E-state index in [4.69, 9.17) is 11.6 Å². The van der Waals surface area contributed by atoms with E-state index in [1.165, 1.54) is 18.2 Å². The molecule has 0 bridgehead atoms. The van der Waals surface area contributed by atoms with Crippen LogP contribution in [-0.4, -0.2) is 11.9 Å². The van der Waals surface area contributed by atoms with Gasteiger partial charge in [0, 0.05) is 11.1 Å². The number of hydrogen-bond acceptors (Lipinski definition) is 1. The zero-order valence-corrected chi connectivity index (χ0v) is 11.7. The van der Waals surface area contributed by atoms with Crippen LogP contribution in [0.5, 0.6) is 0 Å². The Hall–Kier alpha value is -1.09. The fraction of sp³-hybridized carbons (Fsp3) is 0.500. The molecule has 100 valence electrons. The van der Waals surface area contributed by atoms with E-state index in [0.717, 1.165) is 12.8 Å². The van der Waals surface area contributed by atoms with Gasteiger partial charge < -0.3 is 5.32 Å². The van der Waals surface area contributed by atoms with Crippen molar-refractivity contribution in [1.82, 2.24) is 5.32 Å². The third-order valence-electron chi connectivity index (χ3n) is 2.73. The van der Waals surface area contributed by atoms with E-state index in [0.29, 0.717) is 10.9 Å². The maximum absolute atomic E-state index is 13.5. The summed E-state index contributed by atoms with van der Waals surface area (Å²) in [4.78, 5) is 11.9. The molecule has 1 amide bonds. The fourth-order valence-electron chi connectivity index (χ4n) is 1.63. The molecule has 4 heteroatoms. The minimum absolute atomic E-state index is 0.00102. The first-order valence-electron chi connectivity index (χ1n) is 6.16. The molecular formula is C14H19ClFNO. The Morgan fingerprint density at radius 1 is 1.33 bits per heavy atom. The van der Waals surface area contributed by atoms with Crippen LogP contribution < -0.4 is 5.32 Å². The predicted octanol–water partition coefficient (Wildman–Crippen LogP) is 4.03. The van der Waals surface area contributed by atoms with Crippen molar-refractivity contribution in [1.29, 1.82) is 0 Å². The normalized spacial score (nSPS) is 12.6. The summed E-state index contributed by atoms with van der Waals surface area (Å²) in [5.74, 6) is -0.369. The van der Waals surface area contributed by atoms with Crippen molar-refractivity contribution in [2.75, 3.05) is 0 Å². The van der Waals surface area contributed by atoms with E-state index in [1.54, 1.807) is 0 Å². The van der Waals surface area contributed by atoms with Gasteiger partial charge in [0.2, 0.25) is 0 Å². The summed E-state index contributed by atoms with van der Waals surface area (Å²) in [6, 6.07) is 4.01. The molecule has 2 nitrogen and oxygen atoms in total. The molecule has 1 atom stereocenters. The van der Waals surface area contributed by atoms with Crippen LogP contribution in [0, 0.1) is 11.7 Å². The second-order valence-corrected chi connectivity index (χ2v) is 5.41. The number of halogens is 2. The Morgan fingerprint density at radius 3 is 2.61 bits per heavy atom. The first kappa shape index (κ1) is 15.0. The number of benzene rings is 1. The number of amides is 1. The molecule has 1 aromatic carbocycles. The topological polar surface area (TPSA) is 29.1 Å². The van der Waals surface area contributed by atoms with Gasteiger partial charge in [-0.15, -0.1) is 0 Å². The van der Waals surface area contributed by atoms with Crippen LogP contribution in [0.25, 0.3) is 0 Å². The summed E-state index contributed by atoms with van der Waals surface area (Å²) in [6.45, 7) is 6.18. The molecule has 0 aliphatic rings. The lowest BCUT2D eigenvalue weighted by molar-refractivity contribution is 0.0933. The Bertz CT molecular complexity index is 420. The third kappa shape index (κ3) is 4.65. The summed E-state index contributed by atoms with van der Waals surface area (Å²) < 4.78 is 13.5. The second kappa shape index (κ2) is 6.74. The molecule has 0 spiro atoms. The quantitative estimate of drug-likeness (QED) is 0.861. The zero-order chi connectivity index (χ0) is 13.7. The lowest BCUT2D eigenvalue weighted by atomic mass is 10.0. The molecule has 0 aromatic heterocycles. The highest BCUT2D eigenvalue weighted by Gasteiger charge is 2.14. The Kier molecular flexibility index (Phi) is 5.60. The highest BCUT2D eigenvalue weighted by Crippen LogP contribution is 2.15. The maximum atomic E-state index is 13.5. The van der Waals surface area contributed by atoms with Gasteiger partial charge in [0.15, 0.2) is 0 Å². The fourth-order valence-corrected chi connectivity index (χ4v) is 1.80. The van der Waals surface area contributed by atoms with Gasteiger partial charge in [-0.2, -0.15) is 0 Å². The van der Waals surface area contributed by atoms with Gasteiger partial charge in [-0.3, -0.25) is 4.79 Å². The standard InChI is InChI=1S/C14H19ClFNO/c1-9(2)4-5-10(3)17-14(18)12-8-11(15)6-7-13(12)16/h6-10H,4-5H2,1-3H3,(H,17,18). The van der Waals surface area contributed by atoms with Gasteiger partial charge in [0.1, 0.15) is 5.82 Å². The van der Waals surface area contributed by atoms with Crippen molar-refractivity contribution in [2.24, 2.45) is 5.92 Å². The monoisotopic (exact) mass is 271 g/mol. The van der Waals surface area contributed by atoms with Crippen molar-refractivity contribution in [2.45, 2.75) is 39.7 Å². The lowest BCUT2D eigenvalue weighted by Crippen LogP contribution is -2.33. The summed E-state index contributed by atoms with van der Waals surface area (Å²) in [7, 11) is 0. The zero-order valence-electron chi connectivity index (χ0n) is 11.0. The first-order chi connectivity index (χ1) is 8.40. The first-order valence-corrected chi connectivity index (χ1v) is 6.54. The maximum Gasteiger partial charge on any atom is 0.254 e. The molecule has 1 unspecified atom stereocenters. The summed E-state index contributed by atoms with van der Waals surface area (Å²) >= 11 is 5.75. The van der Waals surface area contributed by atoms with E-state index in [9.17, 15) is 9.18 Å². The number of carbonyl (C=O) groups is 1. The van der Waals surface area contributed by atoms with E-state index >= 15 is 0 Å². The molecule has 0 saturated heterocycles. The molecule has 0 radical (unpaired) electrons. The molecule has 0 aliphatic heterocycles. The van der Waals surface area contributed by atoms with Gasteiger partial charge in [0.05, 0.1) is 5.56 Å². The average Bonchev–Trinajstić information content (AvgIpc) is 2.29. The number of rotatable bonds is 5. The highest BCUT2D eigenvalue weighted by molar-refractivity contribution is 6.31. The van der Waals surface area contributed by atoms with Crippen molar-refractivity contribution >= 4 is 17.5 Å². The Morgan fingerprint density at radius 2 is 2.00 bits per heavy atom. The van der Waals surface area contributed by atoms with Crippen molar-refractivity contribution in [3.63, 3.8) is 0 Å². The predicted molar refractivity (Wildman–Crippen MR) is 72.4 cm³/mol. The molecule has 0 aliphatic carbocycles. The number of nitrogens with one attached hydrogen (secondary N) is 1. The SMILES string of the molecule is CC(C)CCC(C)NC(=O)c1cc(Cl)ccc1F. The van der Waals surface area contributed by atoms with Crippen LogP contribution in [0.2, 0.25) is 5.02 Å². The molecule has 0 heterocycles. The highest BCUT2D eigenvalue weighted by atomic mass is 35.5. The largest absolute Gasteiger partial charge is 0.349 e. The minimum Gasteiger partial charge on any atom is -0.349 e. The molecule has 0 saturated carbocycles. The summed E-state index contributed by atoms with van der Waals surface area (Å²) in [6.07, 6.45) is 1.91. The lowest BCUT2D eigenvalue weighted by Gasteiger charge is -2.15. The van der Waals surface area contributed by atoms with Crippen LogP contribution in [0.15, 0.2) is 18.2 Å². The van der Waals surface area contributed by atoms with E-state index < -0.39 is 11.7 Å². The van der Waals surface area contributed by atoms with Crippen molar-refractivity contribution in [3.05, 3.63) is 34.6 Å². The Balaban J connectivity index is 2.62. The van der Waals surface area contributed by atoms with Crippen LogP contribution in [-0.2, 0) is 0 Å². The summed E-state index contributed by atoms with van der Waals surface area (Å²) in [5.41, 5.74) is -0.00102. The van der Waals surface area contributed by atoms with Crippen LogP contribution in [0.4, 0.5) is 4.39 Å². The molecule has 1 rings (SSSR count). The molecule has 1 N–H and O–H groups in total. The van der Waals surface area contributed by atoms with Gasteiger partial charge in [0.25, 0.3) is 5.91 Å². The number of hydrogen-bond donors (Lipinski definition) is 1. The van der Waals surface area contributed by atoms with Crippen LogP contribution >= 0.6 is 11.6 Å². The molecular weight excluding hydrogens is 253 g/mol. The van der Waals surface area contributed by atoms with Crippen molar-refractivity contribution in [3.8, 4) is 0 Å². The van der Waals surface area contributed by atoms with E-state index in [-0.39, 0.29) is 11.6 Å². The van der Waals surface area contributed by atoms with Crippen molar-refractivity contribution < 1.29 is 9.18 Å². The van der Waals surface area contributed by atoms with Crippen LogP contribution in [0.1, 0.15) is 44.0 Å². The van der Waals surface area contributed by atoms with Gasteiger partial charge in [-0.1, -0.05) is 25.4 Å². The Labute approximate surface area is 113 Å². The third-order valence-corrected chi connectivity index (χ3v) is 2.96.